The van der Waals surface area contributed by atoms with Gasteiger partial charge < -0.3 is 5.43 Å². The molecule has 7 heteroatoms. The number of nitrogens with one attached hydrogen (secondary N) is 2. The Morgan fingerprint density at radius 2 is 1.76 bits per heavy atom. The van der Waals surface area contributed by atoms with Gasteiger partial charge in [-0.05, 0) is 56.7 Å². The van der Waals surface area contributed by atoms with Crippen LogP contribution in [0.4, 0.5) is 0 Å². The van der Waals surface area contributed by atoms with E-state index in [4.69, 9.17) is 0 Å². The van der Waals surface area contributed by atoms with Crippen molar-refractivity contribution in [2.24, 2.45) is 0 Å². The molecular formula is C18H25N3O3S. The van der Waals surface area contributed by atoms with E-state index in [-0.39, 0.29) is 10.8 Å². The lowest BCUT2D eigenvalue weighted by Gasteiger charge is -2.16. The molecular weight excluding hydrogens is 338 g/mol. The summed E-state index contributed by atoms with van der Waals surface area (Å²) in [5.74, 6) is -0.342. The van der Waals surface area contributed by atoms with E-state index in [1.807, 2.05) is 6.20 Å². The van der Waals surface area contributed by atoms with Gasteiger partial charge in [0.1, 0.15) is 0 Å². The largest absolute Gasteiger partial charge is 0.306 e. The van der Waals surface area contributed by atoms with Crippen molar-refractivity contribution in [3.63, 3.8) is 0 Å². The Bertz CT molecular complexity index is 745. The fraction of sp³-hybridized carbons (Fsp3) is 0.500. The summed E-state index contributed by atoms with van der Waals surface area (Å²) < 4.78 is 26.7. The van der Waals surface area contributed by atoms with E-state index in [1.165, 1.54) is 35.2 Å². The third-order valence-corrected chi connectivity index (χ3v) is 6.65. The van der Waals surface area contributed by atoms with Crippen molar-refractivity contribution in [3.8, 4) is 0 Å². The highest BCUT2D eigenvalue weighted by Gasteiger charge is 2.27. The number of nitrogens with zero attached hydrogens (tertiary/aromatic N) is 1. The molecule has 2 N–H and O–H groups in total. The molecule has 1 saturated heterocycles. The standard InChI is InChI=1S/C18H25N3O3S/c22-18(20-19-14-15-7-2-1-3-8-15)16-9-6-10-17(13-16)25(23,24)21-11-4-5-12-21/h6,9-10,13-14,19H,1-5,7-8,11-12H2,(H,20,22). The Morgan fingerprint density at radius 1 is 1.04 bits per heavy atom. The van der Waals surface area contributed by atoms with Crippen LogP contribution in [0.2, 0.25) is 0 Å². The maximum atomic E-state index is 12.6. The van der Waals surface area contributed by atoms with E-state index >= 15 is 0 Å². The van der Waals surface area contributed by atoms with E-state index in [1.54, 1.807) is 18.2 Å². The lowest BCUT2D eigenvalue weighted by Crippen LogP contribution is -2.34. The first-order valence-electron chi connectivity index (χ1n) is 8.91. The van der Waals surface area contributed by atoms with Gasteiger partial charge in [0, 0.05) is 24.9 Å². The van der Waals surface area contributed by atoms with E-state index < -0.39 is 10.0 Å². The number of benzene rings is 1. The van der Waals surface area contributed by atoms with Crippen LogP contribution in [0.25, 0.3) is 0 Å². The summed E-state index contributed by atoms with van der Waals surface area (Å²) in [6.07, 6.45) is 9.40. The Kier molecular flexibility index (Phi) is 5.75. The number of rotatable bonds is 5. The zero-order valence-electron chi connectivity index (χ0n) is 14.3. The maximum Gasteiger partial charge on any atom is 0.269 e. The molecule has 0 radical (unpaired) electrons. The molecule has 25 heavy (non-hydrogen) atoms. The molecule has 2 aliphatic rings. The number of hydrazine groups is 1. The van der Waals surface area contributed by atoms with Gasteiger partial charge in [-0.15, -0.1) is 0 Å². The van der Waals surface area contributed by atoms with Gasteiger partial charge in [-0.1, -0.05) is 18.1 Å². The minimum absolute atomic E-state index is 0.174. The number of carbonyl (C=O) groups excluding carboxylic acids is 1. The van der Waals surface area contributed by atoms with Crippen LogP contribution < -0.4 is 10.9 Å². The summed E-state index contributed by atoms with van der Waals surface area (Å²) in [4.78, 5) is 12.4. The summed E-state index contributed by atoms with van der Waals surface area (Å²) in [5, 5.41) is 0. The number of hydrogen-bond acceptors (Lipinski definition) is 4. The molecule has 1 aromatic carbocycles. The summed E-state index contributed by atoms with van der Waals surface area (Å²) in [6, 6.07) is 6.21. The molecule has 1 heterocycles. The van der Waals surface area contributed by atoms with Crippen molar-refractivity contribution in [3.05, 3.63) is 41.6 Å². The predicted molar refractivity (Wildman–Crippen MR) is 96.2 cm³/mol. The predicted octanol–water partition coefficient (Wildman–Crippen LogP) is 2.55. The molecule has 6 nitrogen and oxygen atoms in total. The molecule has 0 unspecified atom stereocenters. The lowest BCUT2D eigenvalue weighted by atomic mass is 9.96. The van der Waals surface area contributed by atoms with Gasteiger partial charge >= 0.3 is 0 Å². The molecule has 136 valence electrons. The van der Waals surface area contributed by atoms with Crippen LogP contribution in [0.1, 0.15) is 55.3 Å². The molecule has 0 spiro atoms. The number of allylic oxidation sites excluding steroid dienone is 1. The summed E-state index contributed by atoms with van der Waals surface area (Å²) >= 11 is 0. The molecule has 1 amide bonds. The topological polar surface area (TPSA) is 78.5 Å². The highest BCUT2D eigenvalue weighted by molar-refractivity contribution is 7.89. The van der Waals surface area contributed by atoms with Crippen LogP contribution in [-0.4, -0.2) is 31.7 Å². The van der Waals surface area contributed by atoms with Gasteiger partial charge in [0.25, 0.3) is 5.91 Å². The molecule has 1 saturated carbocycles. The van der Waals surface area contributed by atoms with Gasteiger partial charge in [0.2, 0.25) is 10.0 Å². The van der Waals surface area contributed by atoms with Crippen molar-refractivity contribution in [2.75, 3.05) is 13.1 Å². The Balaban J connectivity index is 1.65. The van der Waals surface area contributed by atoms with Crippen LogP contribution in [0.5, 0.6) is 0 Å². The van der Waals surface area contributed by atoms with Gasteiger partial charge in [0.05, 0.1) is 4.90 Å². The average Bonchev–Trinajstić information content (AvgIpc) is 3.18. The van der Waals surface area contributed by atoms with Crippen molar-refractivity contribution in [1.82, 2.24) is 15.2 Å². The average molecular weight is 363 g/mol. The van der Waals surface area contributed by atoms with E-state index in [9.17, 15) is 13.2 Å². The highest BCUT2D eigenvalue weighted by Crippen LogP contribution is 2.22. The van der Waals surface area contributed by atoms with Crippen LogP contribution in [-0.2, 0) is 10.0 Å². The van der Waals surface area contributed by atoms with E-state index in [2.05, 4.69) is 10.9 Å². The monoisotopic (exact) mass is 363 g/mol. The van der Waals surface area contributed by atoms with Crippen LogP contribution in [0.3, 0.4) is 0 Å². The molecule has 1 aliphatic heterocycles. The van der Waals surface area contributed by atoms with Crippen LogP contribution in [0.15, 0.2) is 40.9 Å². The fourth-order valence-electron chi connectivity index (χ4n) is 3.30. The minimum atomic E-state index is -3.51. The summed E-state index contributed by atoms with van der Waals surface area (Å²) in [6.45, 7) is 1.10. The third-order valence-electron chi connectivity index (χ3n) is 4.76. The van der Waals surface area contributed by atoms with Crippen molar-refractivity contribution in [2.45, 2.75) is 49.8 Å². The first-order chi connectivity index (χ1) is 12.1. The first-order valence-corrected chi connectivity index (χ1v) is 10.4. The number of hydrogen-bond donors (Lipinski definition) is 2. The van der Waals surface area contributed by atoms with Gasteiger partial charge in [-0.25, -0.2) is 8.42 Å². The zero-order valence-corrected chi connectivity index (χ0v) is 15.1. The summed E-state index contributed by atoms with van der Waals surface area (Å²) in [7, 11) is -3.51. The fourth-order valence-corrected chi connectivity index (χ4v) is 4.86. The minimum Gasteiger partial charge on any atom is -0.306 e. The molecule has 0 atom stereocenters. The number of sulfonamides is 1. The first kappa shape index (κ1) is 17.9. The normalized spacial score (nSPS) is 18.8. The Labute approximate surface area is 149 Å². The maximum absolute atomic E-state index is 12.6. The molecule has 3 rings (SSSR count). The van der Waals surface area contributed by atoms with Gasteiger partial charge in [-0.2, -0.15) is 4.31 Å². The molecule has 0 bridgehead atoms. The third kappa shape index (κ3) is 4.41. The molecule has 1 aromatic rings. The van der Waals surface area contributed by atoms with Crippen molar-refractivity contribution >= 4 is 15.9 Å². The van der Waals surface area contributed by atoms with E-state index in [0.717, 1.165) is 25.7 Å². The second-order valence-corrected chi connectivity index (χ2v) is 8.54. The zero-order chi connectivity index (χ0) is 17.7. The number of carbonyl (C=O) groups is 1. The summed E-state index contributed by atoms with van der Waals surface area (Å²) in [5.41, 5.74) is 7.10. The Morgan fingerprint density at radius 3 is 2.48 bits per heavy atom. The van der Waals surface area contributed by atoms with E-state index in [0.29, 0.717) is 18.7 Å². The highest BCUT2D eigenvalue weighted by atomic mass is 32.2. The molecule has 2 fully saturated rings. The van der Waals surface area contributed by atoms with Gasteiger partial charge in [0.15, 0.2) is 0 Å². The molecule has 1 aliphatic carbocycles. The quantitative estimate of drug-likeness (QED) is 0.788. The van der Waals surface area contributed by atoms with Crippen molar-refractivity contribution < 1.29 is 13.2 Å². The van der Waals surface area contributed by atoms with Crippen molar-refractivity contribution in [1.29, 1.82) is 0 Å². The van der Waals surface area contributed by atoms with Gasteiger partial charge in [-0.3, -0.25) is 10.2 Å². The number of amides is 1. The SMILES string of the molecule is O=C(NNC=C1CCCCC1)c1cccc(S(=O)(=O)N2CCCC2)c1. The van der Waals surface area contributed by atoms with Crippen LogP contribution >= 0.6 is 0 Å². The Hall–Kier alpha value is -1.86. The second-order valence-electron chi connectivity index (χ2n) is 6.60. The van der Waals surface area contributed by atoms with Crippen LogP contribution in [0, 0.1) is 0 Å². The molecule has 0 aromatic heterocycles. The smallest absolute Gasteiger partial charge is 0.269 e. The lowest BCUT2D eigenvalue weighted by molar-refractivity contribution is 0.0940. The second kappa shape index (κ2) is 8.01.